The molecule has 0 bridgehead atoms. The van der Waals surface area contributed by atoms with Gasteiger partial charge < -0.3 is 5.32 Å². The van der Waals surface area contributed by atoms with Crippen LogP contribution in [0.25, 0.3) is 0 Å². The van der Waals surface area contributed by atoms with Crippen molar-refractivity contribution in [2.75, 3.05) is 7.05 Å². The molecule has 1 aliphatic rings. The Morgan fingerprint density at radius 1 is 1.44 bits per heavy atom. The molecule has 2 nitrogen and oxygen atoms in total. The van der Waals surface area contributed by atoms with Crippen LogP contribution >= 0.6 is 0 Å². The first-order valence-corrected chi connectivity index (χ1v) is 6.40. The van der Waals surface area contributed by atoms with Gasteiger partial charge in [0.2, 0.25) is 0 Å². The van der Waals surface area contributed by atoms with Gasteiger partial charge in [-0.05, 0) is 37.9 Å². The van der Waals surface area contributed by atoms with Gasteiger partial charge in [0.15, 0.2) is 0 Å². The SMILES string of the molecule is CNC(CC1CCCC1)c1ncccc1C. The topological polar surface area (TPSA) is 24.9 Å². The van der Waals surface area contributed by atoms with Gasteiger partial charge in [-0.2, -0.15) is 0 Å². The van der Waals surface area contributed by atoms with E-state index in [2.05, 4.69) is 23.3 Å². The summed E-state index contributed by atoms with van der Waals surface area (Å²) in [6.45, 7) is 2.15. The predicted molar refractivity (Wildman–Crippen MR) is 67.3 cm³/mol. The van der Waals surface area contributed by atoms with E-state index in [-0.39, 0.29) is 0 Å². The van der Waals surface area contributed by atoms with E-state index in [4.69, 9.17) is 0 Å². The molecule has 1 aromatic rings. The van der Waals surface area contributed by atoms with Crippen LogP contribution in [0.5, 0.6) is 0 Å². The summed E-state index contributed by atoms with van der Waals surface area (Å²) in [5.41, 5.74) is 2.54. The fourth-order valence-electron chi connectivity index (χ4n) is 2.81. The number of pyridine rings is 1. The molecular formula is C14H22N2. The summed E-state index contributed by atoms with van der Waals surface area (Å²) in [5, 5.41) is 3.42. The molecule has 0 saturated heterocycles. The van der Waals surface area contributed by atoms with Gasteiger partial charge >= 0.3 is 0 Å². The second-order valence-corrected chi connectivity index (χ2v) is 4.93. The molecule has 0 radical (unpaired) electrons. The van der Waals surface area contributed by atoms with Gasteiger partial charge in [-0.3, -0.25) is 4.98 Å². The lowest BCUT2D eigenvalue weighted by atomic mass is 9.94. The van der Waals surface area contributed by atoms with Crippen LogP contribution in [0, 0.1) is 12.8 Å². The lowest BCUT2D eigenvalue weighted by Crippen LogP contribution is -2.21. The molecule has 0 aliphatic heterocycles. The molecule has 1 fully saturated rings. The number of rotatable bonds is 4. The third-order valence-corrected chi connectivity index (χ3v) is 3.77. The lowest BCUT2D eigenvalue weighted by molar-refractivity contribution is 0.406. The average Bonchev–Trinajstić information content (AvgIpc) is 2.80. The van der Waals surface area contributed by atoms with Crippen molar-refractivity contribution in [1.82, 2.24) is 10.3 Å². The molecule has 1 aromatic heterocycles. The molecule has 2 rings (SSSR count). The van der Waals surface area contributed by atoms with Gasteiger partial charge in [-0.15, -0.1) is 0 Å². The van der Waals surface area contributed by atoms with E-state index in [0.29, 0.717) is 6.04 Å². The van der Waals surface area contributed by atoms with Gasteiger partial charge in [-0.1, -0.05) is 31.7 Å². The summed E-state index contributed by atoms with van der Waals surface area (Å²) in [4.78, 5) is 4.53. The minimum Gasteiger partial charge on any atom is -0.312 e. The summed E-state index contributed by atoms with van der Waals surface area (Å²) in [6.07, 6.45) is 8.80. The largest absolute Gasteiger partial charge is 0.312 e. The highest BCUT2D eigenvalue weighted by atomic mass is 14.9. The zero-order chi connectivity index (χ0) is 11.4. The van der Waals surface area contributed by atoms with Crippen molar-refractivity contribution in [2.24, 2.45) is 5.92 Å². The zero-order valence-corrected chi connectivity index (χ0v) is 10.4. The van der Waals surface area contributed by atoms with Gasteiger partial charge in [0.05, 0.1) is 5.69 Å². The molecule has 16 heavy (non-hydrogen) atoms. The van der Waals surface area contributed by atoms with Crippen molar-refractivity contribution in [2.45, 2.75) is 45.1 Å². The third-order valence-electron chi connectivity index (χ3n) is 3.77. The average molecular weight is 218 g/mol. The Morgan fingerprint density at radius 3 is 2.81 bits per heavy atom. The summed E-state index contributed by atoms with van der Waals surface area (Å²) < 4.78 is 0. The Morgan fingerprint density at radius 2 is 2.19 bits per heavy atom. The first-order chi connectivity index (χ1) is 7.81. The van der Waals surface area contributed by atoms with Crippen LogP contribution in [0.3, 0.4) is 0 Å². The van der Waals surface area contributed by atoms with Gasteiger partial charge in [0.25, 0.3) is 0 Å². The molecule has 1 aliphatic carbocycles. The van der Waals surface area contributed by atoms with Gasteiger partial charge in [-0.25, -0.2) is 0 Å². The van der Waals surface area contributed by atoms with Crippen molar-refractivity contribution in [1.29, 1.82) is 0 Å². The summed E-state index contributed by atoms with van der Waals surface area (Å²) in [5.74, 6) is 0.902. The van der Waals surface area contributed by atoms with Crippen molar-refractivity contribution < 1.29 is 0 Å². The van der Waals surface area contributed by atoms with Crippen LogP contribution < -0.4 is 5.32 Å². The summed E-state index contributed by atoms with van der Waals surface area (Å²) in [6, 6.07) is 4.60. The molecule has 1 atom stereocenters. The quantitative estimate of drug-likeness (QED) is 0.839. The monoisotopic (exact) mass is 218 g/mol. The second-order valence-electron chi connectivity index (χ2n) is 4.93. The number of hydrogen-bond donors (Lipinski definition) is 1. The molecule has 1 unspecified atom stereocenters. The van der Waals surface area contributed by atoms with Crippen LogP contribution in [-0.2, 0) is 0 Å². The van der Waals surface area contributed by atoms with Crippen molar-refractivity contribution >= 4 is 0 Å². The Kier molecular flexibility index (Phi) is 3.94. The molecule has 0 amide bonds. The Labute approximate surface area is 98.5 Å². The van der Waals surface area contributed by atoms with E-state index in [1.54, 1.807) is 0 Å². The number of aromatic nitrogens is 1. The van der Waals surface area contributed by atoms with Crippen LogP contribution in [-0.4, -0.2) is 12.0 Å². The molecule has 88 valence electrons. The molecule has 1 heterocycles. The van der Waals surface area contributed by atoms with E-state index < -0.39 is 0 Å². The minimum atomic E-state index is 0.435. The van der Waals surface area contributed by atoms with Gasteiger partial charge in [0, 0.05) is 12.2 Å². The van der Waals surface area contributed by atoms with E-state index in [1.807, 2.05) is 19.3 Å². The number of aryl methyl sites for hydroxylation is 1. The maximum absolute atomic E-state index is 4.53. The molecular weight excluding hydrogens is 196 g/mol. The Bertz CT molecular complexity index is 329. The minimum absolute atomic E-state index is 0.435. The molecule has 1 saturated carbocycles. The molecule has 2 heteroatoms. The number of nitrogens with one attached hydrogen (secondary N) is 1. The highest BCUT2D eigenvalue weighted by Crippen LogP contribution is 2.32. The zero-order valence-electron chi connectivity index (χ0n) is 10.4. The lowest BCUT2D eigenvalue weighted by Gasteiger charge is -2.21. The van der Waals surface area contributed by atoms with Crippen molar-refractivity contribution in [3.8, 4) is 0 Å². The molecule has 1 N–H and O–H groups in total. The van der Waals surface area contributed by atoms with Crippen molar-refractivity contribution in [3.63, 3.8) is 0 Å². The normalized spacial score (nSPS) is 18.9. The highest BCUT2D eigenvalue weighted by molar-refractivity contribution is 5.21. The fourth-order valence-corrected chi connectivity index (χ4v) is 2.81. The smallest absolute Gasteiger partial charge is 0.0602 e. The molecule has 0 spiro atoms. The Hall–Kier alpha value is -0.890. The van der Waals surface area contributed by atoms with Gasteiger partial charge in [0.1, 0.15) is 0 Å². The van der Waals surface area contributed by atoms with Crippen molar-refractivity contribution in [3.05, 3.63) is 29.6 Å². The fraction of sp³-hybridized carbons (Fsp3) is 0.643. The van der Waals surface area contributed by atoms with Crippen LogP contribution in [0.1, 0.15) is 49.4 Å². The second kappa shape index (κ2) is 5.44. The van der Waals surface area contributed by atoms with Crippen LogP contribution in [0.4, 0.5) is 0 Å². The van der Waals surface area contributed by atoms with Crippen LogP contribution in [0.15, 0.2) is 18.3 Å². The Balaban J connectivity index is 2.06. The highest BCUT2D eigenvalue weighted by Gasteiger charge is 2.21. The first kappa shape index (κ1) is 11.6. The number of nitrogens with zero attached hydrogens (tertiary/aromatic N) is 1. The molecule has 0 aromatic carbocycles. The predicted octanol–water partition coefficient (Wildman–Crippen LogP) is 3.23. The third kappa shape index (κ3) is 2.62. The maximum atomic E-state index is 4.53. The summed E-state index contributed by atoms with van der Waals surface area (Å²) in [7, 11) is 2.05. The first-order valence-electron chi connectivity index (χ1n) is 6.40. The van der Waals surface area contributed by atoms with E-state index in [9.17, 15) is 0 Å². The van der Waals surface area contributed by atoms with E-state index in [1.165, 1.54) is 43.4 Å². The van der Waals surface area contributed by atoms with Crippen LogP contribution in [0.2, 0.25) is 0 Å². The van der Waals surface area contributed by atoms with E-state index >= 15 is 0 Å². The van der Waals surface area contributed by atoms with E-state index in [0.717, 1.165) is 5.92 Å². The standard InChI is InChI=1S/C14H22N2/c1-11-6-5-9-16-14(11)13(15-2)10-12-7-3-4-8-12/h5-6,9,12-13,15H,3-4,7-8,10H2,1-2H3. The number of hydrogen-bond acceptors (Lipinski definition) is 2. The maximum Gasteiger partial charge on any atom is 0.0602 e. The summed E-state index contributed by atoms with van der Waals surface area (Å²) >= 11 is 0.